The van der Waals surface area contributed by atoms with Crippen LogP contribution < -0.4 is 0 Å². The molecule has 1 aromatic heterocycles. The highest BCUT2D eigenvalue weighted by Crippen LogP contribution is 2.28. The molecule has 1 heteroatoms. The van der Waals surface area contributed by atoms with Crippen molar-refractivity contribution >= 4 is 28.0 Å². The molecule has 0 spiro atoms. The first kappa shape index (κ1) is 8.30. The predicted octanol–water partition coefficient (Wildman–Crippen LogP) is 3.70. The zero-order valence-electron chi connectivity index (χ0n) is 8.27. The Hall–Kier alpha value is -2.02. The van der Waals surface area contributed by atoms with E-state index in [0.717, 1.165) is 5.52 Å². The number of rotatable bonds is 1. The summed E-state index contributed by atoms with van der Waals surface area (Å²) in [5, 5.41) is 2.48. The largest absolute Gasteiger partial charge is 0.316 e. The fourth-order valence-corrected chi connectivity index (χ4v) is 2.07. The molecule has 0 unspecified atom stereocenters. The minimum Gasteiger partial charge on any atom is -0.316 e. The molecular formula is C14H10N. The molecular weight excluding hydrogens is 182 g/mol. The first-order valence-corrected chi connectivity index (χ1v) is 4.94. The number of benzene rings is 2. The van der Waals surface area contributed by atoms with Gasteiger partial charge < -0.3 is 4.57 Å². The smallest absolute Gasteiger partial charge is 0.0613 e. The maximum absolute atomic E-state index is 3.85. The Morgan fingerprint density at radius 3 is 2.73 bits per heavy atom. The van der Waals surface area contributed by atoms with Gasteiger partial charge in [0.15, 0.2) is 0 Å². The van der Waals surface area contributed by atoms with Crippen LogP contribution >= 0.6 is 0 Å². The third-order valence-corrected chi connectivity index (χ3v) is 2.71. The van der Waals surface area contributed by atoms with Gasteiger partial charge in [0.2, 0.25) is 0 Å². The summed E-state index contributed by atoms with van der Waals surface area (Å²) in [6.07, 6.45) is 1.83. The standard InChI is InChI=1S/C14H10N/c1-2-15-13-9-5-3-7-11(13)12-8-4-6-10-14(12)15/h2-9H,1H2. The predicted molar refractivity (Wildman–Crippen MR) is 64.7 cm³/mol. The van der Waals surface area contributed by atoms with Gasteiger partial charge in [-0.3, -0.25) is 0 Å². The van der Waals surface area contributed by atoms with E-state index in [2.05, 4.69) is 41.5 Å². The van der Waals surface area contributed by atoms with Crippen molar-refractivity contribution in [3.05, 3.63) is 55.1 Å². The van der Waals surface area contributed by atoms with Gasteiger partial charge in [-0.25, -0.2) is 0 Å². The van der Waals surface area contributed by atoms with E-state index in [1.807, 2.05) is 24.4 Å². The van der Waals surface area contributed by atoms with E-state index in [4.69, 9.17) is 0 Å². The van der Waals surface area contributed by atoms with Crippen molar-refractivity contribution in [1.82, 2.24) is 4.57 Å². The zero-order chi connectivity index (χ0) is 10.3. The Morgan fingerprint density at radius 2 is 1.87 bits per heavy atom. The van der Waals surface area contributed by atoms with Crippen LogP contribution in [0.15, 0.2) is 49.0 Å². The van der Waals surface area contributed by atoms with Crippen LogP contribution in [0.3, 0.4) is 0 Å². The van der Waals surface area contributed by atoms with Crippen LogP contribution in [0.1, 0.15) is 0 Å². The number of para-hydroxylation sites is 2. The summed E-state index contributed by atoms with van der Waals surface area (Å²) in [5.74, 6) is 0. The summed E-state index contributed by atoms with van der Waals surface area (Å²) in [7, 11) is 0. The van der Waals surface area contributed by atoms with Crippen LogP contribution in [0.5, 0.6) is 0 Å². The lowest BCUT2D eigenvalue weighted by molar-refractivity contribution is 1.29. The van der Waals surface area contributed by atoms with E-state index in [9.17, 15) is 0 Å². The van der Waals surface area contributed by atoms with Crippen LogP contribution in [-0.4, -0.2) is 4.57 Å². The van der Waals surface area contributed by atoms with E-state index < -0.39 is 0 Å². The van der Waals surface area contributed by atoms with Gasteiger partial charge in [-0.15, -0.1) is 0 Å². The molecule has 0 amide bonds. The van der Waals surface area contributed by atoms with Gasteiger partial charge in [-0.2, -0.15) is 0 Å². The molecule has 0 saturated carbocycles. The van der Waals surface area contributed by atoms with Gasteiger partial charge in [-0.1, -0.05) is 43.0 Å². The lowest BCUT2D eigenvalue weighted by Crippen LogP contribution is -1.83. The molecule has 3 rings (SSSR count). The topological polar surface area (TPSA) is 4.93 Å². The Kier molecular flexibility index (Phi) is 1.65. The summed E-state index contributed by atoms with van der Waals surface area (Å²) in [4.78, 5) is 0. The third kappa shape index (κ3) is 1.03. The average molecular weight is 192 g/mol. The molecule has 0 aliphatic heterocycles. The molecule has 0 aliphatic rings. The quantitative estimate of drug-likeness (QED) is 0.554. The SMILES string of the molecule is C=Cn1c2[c]cccc2c2ccccc21. The molecule has 71 valence electrons. The van der Waals surface area contributed by atoms with Crippen molar-refractivity contribution < 1.29 is 0 Å². The fourth-order valence-electron chi connectivity index (χ4n) is 2.07. The van der Waals surface area contributed by atoms with Crippen LogP contribution in [0, 0.1) is 6.07 Å². The first-order valence-electron chi connectivity index (χ1n) is 4.94. The molecule has 0 N–H and O–H groups in total. The van der Waals surface area contributed by atoms with Gasteiger partial charge in [-0.05, 0) is 6.07 Å². The van der Waals surface area contributed by atoms with Crippen molar-refractivity contribution in [2.75, 3.05) is 0 Å². The van der Waals surface area contributed by atoms with Crippen molar-refractivity contribution in [2.45, 2.75) is 0 Å². The summed E-state index contributed by atoms with van der Waals surface area (Å²) in [6, 6.07) is 17.7. The second kappa shape index (κ2) is 2.99. The van der Waals surface area contributed by atoms with Crippen LogP contribution in [0.2, 0.25) is 0 Å². The number of fused-ring (bicyclic) bond motifs is 3. The van der Waals surface area contributed by atoms with Crippen molar-refractivity contribution in [3.63, 3.8) is 0 Å². The number of nitrogens with zero attached hydrogens (tertiary/aromatic N) is 1. The van der Waals surface area contributed by atoms with Gasteiger partial charge in [0.05, 0.1) is 11.0 Å². The molecule has 15 heavy (non-hydrogen) atoms. The molecule has 2 aromatic carbocycles. The molecule has 0 fully saturated rings. The summed E-state index contributed by atoms with van der Waals surface area (Å²) >= 11 is 0. The fraction of sp³-hybridized carbons (Fsp3) is 0. The molecule has 0 bridgehead atoms. The van der Waals surface area contributed by atoms with E-state index in [1.165, 1.54) is 16.3 Å². The van der Waals surface area contributed by atoms with Crippen molar-refractivity contribution in [1.29, 1.82) is 0 Å². The summed E-state index contributed by atoms with van der Waals surface area (Å²) < 4.78 is 2.07. The minimum atomic E-state index is 1.09. The van der Waals surface area contributed by atoms with Gasteiger partial charge in [0.25, 0.3) is 0 Å². The van der Waals surface area contributed by atoms with Crippen LogP contribution in [-0.2, 0) is 0 Å². The maximum atomic E-state index is 3.85. The second-order valence-electron chi connectivity index (χ2n) is 3.50. The van der Waals surface area contributed by atoms with E-state index in [1.54, 1.807) is 0 Å². The average Bonchev–Trinajstić information content (AvgIpc) is 2.63. The molecule has 1 radical (unpaired) electrons. The molecule has 0 atom stereocenters. The van der Waals surface area contributed by atoms with Gasteiger partial charge in [0.1, 0.15) is 0 Å². The van der Waals surface area contributed by atoms with Crippen LogP contribution in [0.25, 0.3) is 28.0 Å². The highest BCUT2D eigenvalue weighted by Gasteiger charge is 2.06. The molecule has 1 heterocycles. The molecule has 0 saturated heterocycles. The van der Waals surface area contributed by atoms with Crippen LogP contribution in [0.4, 0.5) is 0 Å². The lowest BCUT2D eigenvalue weighted by atomic mass is 10.2. The Labute approximate surface area is 88.3 Å². The summed E-state index contributed by atoms with van der Waals surface area (Å²) in [5.41, 5.74) is 2.28. The Bertz CT molecular complexity index is 593. The summed E-state index contributed by atoms with van der Waals surface area (Å²) in [6.45, 7) is 3.85. The monoisotopic (exact) mass is 192 g/mol. The van der Waals surface area contributed by atoms with Crippen molar-refractivity contribution in [3.8, 4) is 0 Å². The highest BCUT2D eigenvalue weighted by molar-refractivity contribution is 6.08. The normalized spacial score (nSPS) is 10.9. The maximum Gasteiger partial charge on any atom is 0.0613 e. The Morgan fingerprint density at radius 1 is 1.07 bits per heavy atom. The third-order valence-electron chi connectivity index (χ3n) is 2.71. The second-order valence-corrected chi connectivity index (χ2v) is 3.50. The number of hydrogen-bond acceptors (Lipinski definition) is 0. The Balaban J connectivity index is 2.68. The van der Waals surface area contributed by atoms with Gasteiger partial charge >= 0.3 is 0 Å². The number of aromatic nitrogens is 1. The van der Waals surface area contributed by atoms with E-state index >= 15 is 0 Å². The van der Waals surface area contributed by atoms with E-state index in [0.29, 0.717) is 0 Å². The van der Waals surface area contributed by atoms with Crippen molar-refractivity contribution in [2.24, 2.45) is 0 Å². The van der Waals surface area contributed by atoms with Gasteiger partial charge in [0, 0.05) is 23.0 Å². The number of hydrogen-bond donors (Lipinski definition) is 0. The molecule has 0 aliphatic carbocycles. The zero-order valence-corrected chi connectivity index (χ0v) is 8.27. The highest BCUT2D eigenvalue weighted by atomic mass is 14.9. The first-order chi connectivity index (χ1) is 7.42. The lowest BCUT2D eigenvalue weighted by Gasteiger charge is -1.96. The van der Waals surface area contributed by atoms with E-state index in [-0.39, 0.29) is 0 Å². The minimum absolute atomic E-state index is 1.09. The molecule has 3 aromatic rings. The molecule has 1 nitrogen and oxygen atoms in total.